The van der Waals surface area contributed by atoms with Crippen LogP contribution in [0.5, 0.6) is 0 Å². The van der Waals surface area contributed by atoms with E-state index in [-0.39, 0.29) is 0 Å². The van der Waals surface area contributed by atoms with E-state index < -0.39 is 33.0 Å². The second kappa shape index (κ2) is 4.87. The van der Waals surface area contributed by atoms with Crippen LogP contribution in [0.15, 0.2) is 0 Å². The first-order valence-electron chi connectivity index (χ1n) is 6.09. The van der Waals surface area contributed by atoms with E-state index in [0.717, 1.165) is 0 Å². The third kappa shape index (κ3) is 3.11. The minimum atomic E-state index is -2.24. The third-order valence-electron chi connectivity index (χ3n) is 3.06. The lowest BCUT2D eigenvalue weighted by molar-refractivity contribution is -0.00389. The van der Waals surface area contributed by atoms with Crippen molar-refractivity contribution < 1.29 is 9.53 Å². The Balaban J connectivity index is 3.37. The van der Waals surface area contributed by atoms with Crippen LogP contribution in [0.25, 0.3) is 0 Å². The van der Waals surface area contributed by atoms with Gasteiger partial charge in [0, 0.05) is 0 Å². The molecule has 0 bridgehead atoms. The molecule has 1 fully saturated rings. The molecular formula is C9H10B8N2O2. The van der Waals surface area contributed by atoms with Gasteiger partial charge in [-0.05, 0) is 31.4 Å². The van der Waals surface area contributed by atoms with Gasteiger partial charge >= 0.3 is 6.09 Å². The van der Waals surface area contributed by atoms with E-state index in [9.17, 15) is 4.79 Å². The average molecular weight is 265 g/mol. The first kappa shape index (κ1) is 18.8. The van der Waals surface area contributed by atoms with Crippen molar-refractivity contribution >= 4 is 68.9 Å². The van der Waals surface area contributed by atoms with Crippen molar-refractivity contribution in [1.82, 2.24) is 10.2 Å². The lowest BCUT2D eigenvalue weighted by Crippen LogP contribution is -2.92. The Morgan fingerprint density at radius 1 is 0.905 bits per heavy atom. The van der Waals surface area contributed by atoms with Gasteiger partial charge in [-0.25, -0.2) is 4.79 Å². The lowest BCUT2D eigenvalue weighted by atomic mass is 9.27. The molecule has 0 saturated carbocycles. The van der Waals surface area contributed by atoms with E-state index in [2.05, 4.69) is 5.32 Å². The maximum atomic E-state index is 12.4. The highest BCUT2D eigenvalue weighted by molar-refractivity contribution is 6.60. The van der Waals surface area contributed by atoms with Crippen LogP contribution < -0.4 is 5.32 Å². The second-order valence-electron chi connectivity index (χ2n) is 6.33. The molecule has 4 nitrogen and oxygen atoms in total. The molecule has 1 heterocycles. The summed E-state index contributed by atoms with van der Waals surface area (Å²) in [6, 6.07) is 0. The molecule has 0 unspecified atom stereocenters. The van der Waals surface area contributed by atoms with Crippen LogP contribution in [0.3, 0.4) is 0 Å². The molecular weight excluding hydrogens is 255 g/mol. The second-order valence-corrected chi connectivity index (χ2v) is 6.33. The number of carbonyl (C=O) groups is 1. The standard InChI is InChI=1S/C9H10B8N2O2/c1-5(2,3)21-4(20)19-8(14,15)6(10,11)18-7(12,13)9(19,16)17/h18H,1-3H3. The van der Waals surface area contributed by atoms with Gasteiger partial charge in [0.1, 0.15) is 5.60 Å². The first-order chi connectivity index (χ1) is 8.96. The number of nitrogens with zero attached hydrogens (tertiary/aromatic N) is 1. The molecule has 0 aromatic heterocycles. The van der Waals surface area contributed by atoms with Gasteiger partial charge in [0.05, 0.1) is 62.8 Å². The molecule has 0 aromatic rings. The van der Waals surface area contributed by atoms with E-state index in [4.69, 9.17) is 67.5 Å². The van der Waals surface area contributed by atoms with E-state index in [0.29, 0.717) is 4.90 Å². The number of nitrogens with one attached hydrogen (secondary N) is 1. The fourth-order valence-corrected chi connectivity index (χ4v) is 1.83. The predicted octanol–water partition coefficient (Wildman–Crippen LogP) is -3.21. The normalized spacial score (nSPS) is 26.0. The highest BCUT2D eigenvalue weighted by atomic mass is 16.6. The molecule has 92 valence electrons. The van der Waals surface area contributed by atoms with Gasteiger partial charge in [-0.2, -0.15) is 0 Å². The monoisotopic (exact) mass is 266 g/mol. The van der Waals surface area contributed by atoms with Gasteiger partial charge < -0.3 is 15.0 Å². The summed E-state index contributed by atoms with van der Waals surface area (Å²) < 4.78 is 5.15. The van der Waals surface area contributed by atoms with E-state index in [1.54, 1.807) is 20.8 Å². The molecule has 12 heteroatoms. The van der Waals surface area contributed by atoms with Gasteiger partial charge in [-0.15, -0.1) is 0 Å². The van der Waals surface area contributed by atoms with Crippen molar-refractivity contribution in [3.63, 3.8) is 0 Å². The maximum absolute atomic E-state index is 12.4. The molecule has 21 heavy (non-hydrogen) atoms. The largest absolute Gasteiger partial charge is 0.444 e. The number of ether oxygens (including phenoxy) is 1. The Kier molecular flexibility index (Phi) is 4.36. The quantitative estimate of drug-likeness (QED) is 0.469. The molecule has 1 N–H and O–H groups in total. The highest BCUT2D eigenvalue weighted by Crippen LogP contribution is 2.36. The summed E-state index contributed by atoms with van der Waals surface area (Å²) >= 11 is 0. The summed E-state index contributed by atoms with van der Waals surface area (Å²) in [7, 11) is 46.3. The van der Waals surface area contributed by atoms with Gasteiger partial charge in [0.25, 0.3) is 0 Å². The molecule has 0 aliphatic carbocycles. The number of rotatable bonds is 0. The third-order valence-corrected chi connectivity index (χ3v) is 3.06. The predicted molar refractivity (Wildman–Crippen MR) is 88.2 cm³/mol. The zero-order valence-corrected chi connectivity index (χ0v) is 12.4. The van der Waals surface area contributed by atoms with Crippen molar-refractivity contribution in [1.29, 1.82) is 0 Å². The number of hydrogen-bond acceptors (Lipinski definition) is 3. The van der Waals surface area contributed by atoms with Crippen LogP contribution in [0.4, 0.5) is 4.79 Å². The van der Waals surface area contributed by atoms with Crippen LogP contribution >= 0.6 is 0 Å². The Morgan fingerprint density at radius 3 is 1.52 bits per heavy atom. The van der Waals surface area contributed by atoms with E-state index in [1.807, 2.05) is 0 Å². The summed E-state index contributed by atoms with van der Waals surface area (Å²) in [6.45, 7) is 4.85. The molecule has 1 rings (SSSR count). The zero-order chi connectivity index (χ0) is 17.1. The molecule has 0 atom stereocenters. The molecule has 1 aliphatic rings. The molecule has 0 aromatic carbocycles. The van der Waals surface area contributed by atoms with Gasteiger partial charge in [0.2, 0.25) is 0 Å². The highest BCUT2D eigenvalue weighted by Gasteiger charge is 2.58. The van der Waals surface area contributed by atoms with Gasteiger partial charge in [-0.3, -0.25) is 0 Å². The van der Waals surface area contributed by atoms with Crippen LogP contribution in [0, 0.1) is 0 Å². The summed E-state index contributed by atoms with van der Waals surface area (Å²) in [5.74, 6) is 0. The van der Waals surface area contributed by atoms with E-state index >= 15 is 0 Å². The number of carbonyl (C=O) groups excluding carboxylic acids is 1. The van der Waals surface area contributed by atoms with Crippen molar-refractivity contribution in [2.75, 3.05) is 0 Å². The summed E-state index contributed by atoms with van der Waals surface area (Å²) in [5, 5.41) is -6.32. The van der Waals surface area contributed by atoms with E-state index in [1.165, 1.54) is 0 Å². The molecule has 16 radical (unpaired) electrons. The molecule has 1 saturated heterocycles. The van der Waals surface area contributed by atoms with Crippen LogP contribution in [-0.4, -0.2) is 101 Å². The Labute approximate surface area is 136 Å². The number of piperazine rings is 1. The van der Waals surface area contributed by atoms with Crippen LogP contribution in [0.1, 0.15) is 20.8 Å². The van der Waals surface area contributed by atoms with Crippen molar-refractivity contribution in [3.8, 4) is 0 Å². The van der Waals surface area contributed by atoms with Gasteiger partial charge in [-0.1, -0.05) is 10.7 Å². The summed E-state index contributed by atoms with van der Waals surface area (Å²) in [4.78, 5) is 12.9. The maximum Gasteiger partial charge on any atom is 0.408 e. The molecule has 0 spiro atoms. The molecule has 1 amide bonds. The minimum absolute atomic E-state index is 0.530. The SMILES string of the molecule is [B]C1([B])NC([B])([B])C([B])([B])N(C(=O)OC(C)(C)C)C1([B])[B]. The zero-order valence-electron chi connectivity index (χ0n) is 12.4. The minimum Gasteiger partial charge on any atom is -0.444 e. The Morgan fingerprint density at radius 2 is 1.24 bits per heavy atom. The summed E-state index contributed by atoms with van der Waals surface area (Å²) in [6.07, 6.45) is -1.07. The first-order valence-corrected chi connectivity index (χ1v) is 6.09. The van der Waals surface area contributed by atoms with Crippen molar-refractivity contribution in [3.05, 3.63) is 0 Å². The van der Waals surface area contributed by atoms with Crippen LogP contribution in [0.2, 0.25) is 0 Å². The Bertz CT molecular complexity index is 420. The topological polar surface area (TPSA) is 41.6 Å². The van der Waals surface area contributed by atoms with Crippen molar-refractivity contribution in [2.24, 2.45) is 0 Å². The van der Waals surface area contributed by atoms with Gasteiger partial charge in [0.15, 0.2) is 0 Å². The van der Waals surface area contributed by atoms with Crippen LogP contribution in [-0.2, 0) is 4.74 Å². The number of hydrogen-bond donors (Lipinski definition) is 1. The van der Waals surface area contributed by atoms with Crippen molar-refractivity contribution in [2.45, 2.75) is 47.7 Å². The average Bonchev–Trinajstić information content (AvgIpc) is 2.08. The Hall–Kier alpha value is -0.251. The smallest absolute Gasteiger partial charge is 0.408 e. The number of amides is 1. The fraction of sp³-hybridized carbons (Fsp3) is 0.889. The lowest BCUT2D eigenvalue weighted by Gasteiger charge is -2.70. The fourth-order valence-electron chi connectivity index (χ4n) is 1.83. The summed E-state index contributed by atoms with van der Waals surface area (Å²) in [5.41, 5.74) is -0.883. The molecule has 1 aliphatic heterocycles.